The van der Waals surface area contributed by atoms with E-state index in [-0.39, 0.29) is 0 Å². The summed E-state index contributed by atoms with van der Waals surface area (Å²) in [6.07, 6.45) is 8.98. The molecule has 1 atom stereocenters. The summed E-state index contributed by atoms with van der Waals surface area (Å²) in [5.41, 5.74) is 6.84. The van der Waals surface area contributed by atoms with Crippen LogP contribution in [0.25, 0.3) is 11.1 Å². The summed E-state index contributed by atoms with van der Waals surface area (Å²) < 4.78 is 5.16. The zero-order chi connectivity index (χ0) is 22.5. The average Bonchev–Trinajstić information content (AvgIpc) is 2.82. The van der Waals surface area contributed by atoms with Crippen LogP contribution in [0.1, 0.15) is 18.9 Å². The van der Waals surface area contributed by atoms with Crippen LogP contribution in [0.15, 0.2) is 109 Å². The number of hydrogen-bond acceptors (Lipinski definition) is 3. The van der Waals surface area contributed by atoms with Gasteiger partial charge in [0.25, 0.3) is 0 Å². The van der Waals surface area contributed by atoms with Gasteiger partial charge in [0.1, 0.15) is 5.75 Å². The van der Waals surface area contributed by atoms with Crippen molar-refractivity contribution in [1.82, 2.24) is 0 Å². The Morgan fingerprint density at radius 1 is 0.938 bits per heavy atom. The quantitative estimate of drug-likeness (QED) is 0.236. The Morgan fingerprint density at radius 2 is 1.50 bits per heavy atom. The van der Waals surface area contributed by atoms with E-state index in [1.807, 2.05) is 12.1 Å². The molecule has 0 saturated heterocycles. The van der Waals surface area contributed by atoms with Gasteiger partial charge in [0.05, 0.1) is 0 Å². The molecule has 0 N–H and O–H groups in total. The van der Waals surface area contributed by atoms with Crippen LogP contribution in [0, 0.1) is 12.8 Å². The van der Waals surface area contributed by atoms with Crippen molar-refractivity contribution in [2.24, 2.45) is 5.92 Å². The molecule has 0 radical (unpaired) electrons. The highest BCUT2D eigenvalue weighted by Crippen LogP contribution is 2.34. The molecule has 1 aliphatic carbocycles. The van der Waals surface area contributed by atoms with E-state index in [0.29, 0.717) is 11.7 Å². The number of carbonyl (C=O) groups is 1. The van der Waals surface area contributed by atoms with Gasteiger partial charge in [-0.25, -0.2) is 4.79 Å². The highest BCUT2D eigenvalue weighted by molar-refractivity contribution is 5.83. The van der Waals surface area contributed by atoms with Crippen molar-refractivity contribution in [2.45, 2.75) is 20.3 Å². The fraction of sp³-hybridized carbons (Fsp3) is 0.138. The number of rotatable bonds is 6. The Balaban J connectivity index is 1.62. The second-order valence-corrected chi connectivity index (χ2v) is 8.07. The molecule has 0 fully saturated rings. The third kappa shape index (κ3) is 4.89. The zero-order valence-corrected chi connectivity index (χ0v) is 18.5. The summed E-state index contributed by atoms with van der Waals surface area (Å²) in [6.45, 7) is 7.76. The molecule has 0 aliphatic heterocycles. The van der Waals surface area contributed by atoms with Crippen LogP contribution in [-0.2, 0) is 4.79 Å². The first kappa shape index (κ1) is 21.4. The van der Waals surface area contributed by atoms with Gasteiger partial charge in [0, 0.05) is 23.1 Å². The number of ether oxygens (including phenoxy) is 1. The van der Waals surface area contributed by atoms with Crippen molar-refractivity contribution >= 4 is 17.3 Å². The van der Waals surface area contributed by atoms with E-state index in [1.165, 1.54) is 11.3 Å². The fourth-order valence-electron chi connectivity index (χ4n) is 3.70. The Hall–Kier alpha value is -3.85. The summed E-state index contributed by atoms with van der Waals surface area (Å²) >= 11 is 0. The first-order chi connectivity index (χ1) is 15.5. The molecule has 0 amide bonds. The molecule has 0 saturated carbocycles. The van der Waals surface area contributed by atoms with Crippen LogP contribution < -0.4 is 9.64 Å². The fourth-order valence-corrected chi connectivity index (χ4v) is 3.70. The van der Waals surface area contributed by atoms with Crippen molar-refractivity contribution in [3.63, 3.8) is 0 Å². The molecule has 0 heterocycles. The molecule has 1 unspecified atom stereocenters. The van der Waals surface area contributed by atoms with Gasteiger partial charge in [0.2, 0.25) is 0 Å². The predicted octanol–water partition coefficient (Wildman–Crippen LogP) is 7.37. The number of carbonyl (C=O) groups excluding carboxylic acids is 1. The van der Waals surface area contributed by atoms with Crippen LogP contribution in [0.4, 0.5) is 11.4 Å². The van der Waals surface area contributed by atoms with Gasteiger partial charge < -0.3 is 9.64 Å². The molecule has 4 rings (SSSR count). The largest absolute Gasteiger partial charge is 0.423 e. The minimum atomic E-state index is -0.459. The molecule has 3 aromatic rings. The number of esters is 1. The maximum absolute atomic E-state index is 11.4. The molecule has 32 heavy (non-hydrogen) atoms. The van der Waals surface area contributed by atoms with Gasteiger partial charge in [-0.15, -0.1) is 0 Å². The lowest BCUT2D eigenvalue weighted by Gasteiger charge is -2.28. The second-order valence-electron chi connectivity index (χ2n) is 8.07. The van der Waals surface area contributed by atoms with Gasteiger partial charge >= 0.3 is 5.97 Å². The van der Waals surface area contributed by atoms with E-state index >= 15 is 0 Å². The first-order valence-electron chi connectivity index (χ1n) is 10.8. The van der Waals surface area contributed by atoms with Crippen molar-refractivity contribution in [2.75, 3.05) is 4.90 Å². The molecule has 0 bridgehead atoms. The van der Waals surface area contributed by atoms with Crippen molar-refractivity contribution in [1.29, 1.82) is 0 Å². The summed E-state index contributed by atoms with van der Waals surface area (Å²) in [5, 5.41) is 0. The molecular formula is C29H27NO2. The Kier molecular flexibility index (Phi) is 6.37. The lowest BCUT2D eigenvalue weighted by Crippen LogP contribution is -2.17. The summed E-state index contributed by atoms with van der Waals surface area (Å²) in [5.74, 6) is 0.611. The van der Waals surface area contributed by atoms with E-state index in [9.17, 15) is 4.79 Å². The van der Waals surface area contributed by atoms with E-state index in [2.05, 4.69) is 92.1 Å². The first-order valence-corrected chi connectivity index (χ1v) is 10.8. The van der Waals surface area contributed by atoms with E-state index in [1.54, 1.807) is 12.1 Å². The van der Waals surface area contributed by atoms with Crippen molar-refractivity contribution in [3.8, 4) is 16.9 Å². The molecule has 3 nitrogen and oxygen atoms in total. The standard InChI is InChI=1S/C29H27NO2/c1-4-29(31)32-28-19-11-24(12-20-28)23-9-17-27(18-10-23)30(25-13-5-21(2)6-14-25)26-15-7-22(3)8-16-26/h4-7,9-20,22H,1,8H2,2-3H3. The third-order valence-corrected chi connectivity index (χ3v) is 5.54. The molecule has 3 aromatic carbocycles. The SMILES string of the molecule is C=CC(=O)Oc1ccc(-c2ccc(N(C3=CCC(C)C=C3)c3ccc(C)cc3)cc2)cc1. The number of allylic oxidation sites excluding steroid dienone is 3. The maximum Gasteiger partial charge on any atom is 0.335 e. The van der Waals surface area contributed by atoms with Crippen molar-refractivity contribution < 1.29 is 9.53 Å². The topological polar surface area (TPSA) is 29.5 Å². The number of aryl methyl sites for hydroxylation is 1. The molecular weight excluding hydrogens is 394 g/mol. The van der Waals surface area contributed by atoms with E-state index in [0.717, 1.165) is 35.0 Å². The third-order valence-electron chi connectivity index (χ3n) is 5.54. The van der Waals surface area contributed by atoms with Crippen LogP contribution in [0.2, 0.25) is 0 Å². The normalized spacial score (nSPS) is 15.1. The van der Waals surface area contributed by atoms with Crippen LogP contribution >= 0.6 is 0 Å². The molecule has 3 heteroatoms. The van der Waals surface area contributed by atoms with Gasteiger partial charge in [-0.2, -0.15) is 0 Å². The average molecular weight is 422 g/mol. The molecule has 160 valence electrons. The van der Waals surface area contributed by atoms with Crippen molar-refractivity contribution in [3.05, 3.63) is 115 Å². The predicted molar refractivity (Wildman–Crippen MR) is 132 cm³/mol. The zero-order valence-electron chi connectivity index (χ0n) is 18.5. The smallest absolute Gasteiger partial charge is 0.335 e. The Bertz CT molecular complexity index is 1150. The molecule has 1 aliphatic rings. The highest BCUT2D eigenvalue weighted by Gasteiger charge is 2.16. The van der Waals surface area contributed by atoms with Gasteiger partial charge in [-0.3, -0.25) is 0 Å². The summed E-state index contributed by atoms with van der Waals surface area (Å²) in [6, 6.07) is 24.6. The monoisotopic (exact) mass is 421 g/mol. The van der Waals surface area contributed by atoms with E-state index in [4.69, 9.17) is 4.74 Å². The highest BCUT2D eigenvalue weighted by atomic mass is 16.5. The minimum Gasteiger partial charge on any atom is -0.423 e. The maximum atomic E-state index is 11.4. The number of benzene rings is 3. The summed E-state index contributed by atoms with van der Waals surface area (Å²) in [7, 11) is 0. The Labute approximate surface area is 190 Å². The number of nitrogens with zero attached hydrogens (tertiary/aromatic N) is 1. The van der Waals surface area contributed by atoms with Crippen LogP contribution in [-0.4, -0.2) is 5.97 Å². The number of anilines is 2. The molecule has 0 spiro atoms. The number of hydrogen-bond donors (Lipinski definition) is 0. The van der Waals surface area contributed by atoms with Gasteiger partial charge in [-0.05, 0) is 72.9 Å². The van der Waals surface area contributed by atoms with E-state index < -0.39 is 5.97 Å². The second kappa shape index (κ2) is 9.52. The van der Waals surface area contributed by atoms with Gasteiger partial charge in [0.15, 0.2) is 0 Å². The Morgan fingerprint density at radius 3 is 2.03 bits per heavy atom. The van der Waals surface area contributed by atoms with Crippen LogP contribution in [0.3, 0.4) is 0 Å². The molecule has 0 aromatic heterocycles. The summed E-state index contributed by atoms with van der Waals surface area (Å²) in [4.78, 5) is 13.7. The van der Waals surface area contributed by atoms with Gasteiger partial charge in [-0.1, -0.05) is 67.6 Å². The lowest BCUT2D eigenvalue weighted by molar-refractivity contribution is -0.128. The minimum absolute atomic E-state index is 0.459. The lowest BCUT2D eigenvalue weighted by atomic mass is 10.00. The van der Waals surface area contributed by atoms with Crippen LogP contribution in [0.5, 0.6) is 5.75 Å².